The highest BCUT2D eigenvalue weighted by atomic mass is 35.5. The molecule has 8 heteroatoms. The first-order valence-electron chi connectivity index (χ1n) is 7.94. The van der Waals surface area contributed by atoms with E-state index < -0.39 is 5.82 Å². The number of halogens is 2. The van der Waals surface area contributed by atoms with E-state index in [1.807, 2.05) is 24.3 Å². The van der Waals surface area contributed by atoms with Crippen LogP contribution >= 0.6 is 23.4 Å². The molecule has 0 radical (unpaired) electrons. The molecule has 2 N–H and O–H groups in total. The highest BCUT2D eigenvalue weighted by Gasteiger charge is 2.11. The predicted molar refractivity (Wildman–Crippen MR) is 102 cm³/mol. The SMILES string of the molecule is CCc1ccc(-c2nc(SCC(=O)Nc3ccc(Cl)cc3F)n[nH]2)cc1. The first kappa shape index (κ1) is 18.4. The summed E-state index contributed by atoms with van der Waals surface area (Å²) in [5, 5.41) is 10.2. The summed E-state index contributed by atoms with van der Waals surface area (Å²) in [6.07, 6.45) is 0.973. The molecule has 3 aromatic rings. The van der Waals surface area contributed by atoms with E-state index in [9.17, 15) is 9.18 Å². The van der Waals surface area contributed by atoms with Gasteiger partial charge >= 0.3 is 0 Å². The second-order valence-corrected chi connectivity index (χ2v) is 6.86. The van der Waals surface area contributed by atoms with Crippen LogP contribution in [-0.2, 0) is 11.2 Å². The van der Waals surface area contributed by atoms with Crippen LogP contribution in [0.25, 0.3) is 11.4 Å². The Hall–Kier alpha value is -2.38. The van der Waals surface area contributed by atoms with E-state index in [2.05, 4.69) is 27.4 Å². The highest BCUT2D eigenvalue weighted by molar-refractivity contribution is 7.99. The lowest BCUT2D eigenvalue weighted by molar-refractivity contribution is -0.113. The molecular weight excluding hydrogens is 375 g/mol. The number of nitrogens with zero attached hydrogens (tertiary/aromatic N) is 2. The molecule has 0 spiro atoms. The van der Waals surface area contributed by atoms with Crippen molar-refractivity contribution in [1.82, 2.24) is 15.2 Å². The van der Waals surface area contributed by atoms with E-state index in [-0.39, 0.29) is 22.4 Å². The number of hydrogen-bond acceptors (Lipinski definition) is 4. The molecule has 0 saturated carbocycles. The van der Waals surface area contributed by atoms with Crippen molar-refractivity contribution in [3.63, 3.8) is 0 Å². The minimum Gasteiger partial charge on any atom is -0.323 e. The van der Waals surface area contributed by atoms with Gasteiger partial charge in [-0.2, -0.15) is 0 Å². The summed E-state index contributed by atoms with van der Waals surface area (Å²) < 4.78 is 13.7. The van der Waals surface area contributed by atoms with Gasteiger partial charge in [0.15, 0.2) is 5.82 Å². The van der Waals surface area contributed by atoms with E-state index in [4.69, 9.17) is 11.6 Å². The first-order valence-corrected chi connectivity index (χ1v) is 9.31. The molecule has 0 atom stereocenters. The molecule has 0 saturated heterocycles. The number of aromatic nitrogens is 3. The van der Waals surface area contributed by atoms with Crippen LogP contribution in [0.15, 0.2) is 47.6 Å². The monoisotopic (exact) mass is 390 g/mol. The number of hydrogen-bond donors (Lipinski definition) is 2. The summed E-state index contributed by atoms with van der Waals surface area (Å²) in [7, 11) is 0. The lowest BCUT2D eigenvalue weighted by atomic mass is 10.1. The van der Waals surface area contributed by atoms with Crippen LogP contribution in [0.4, 0.5) is 10.1 Å². The Bertz CT molecular complexity index is 914. The second-order valence-electron chi connectivity index (χ2n) is 5.48. The van der Waals surface area contributed by atoms with Crippen molar-refractivity contribution in [2.45, 2.75) is 18.5 Å². The molecule has 2 aromatic carbocycles. The van der Waals surface area contributed by atoms with Gasteiger partial charge in [0.25, 0.3) is 0 Å². The lowest BCUT2D eigenvalue weighted by Gasteiger charge is -2.05. The molecule has 26 heavy (non-hydrogen) atoms. The predicted octanol–water partition coefficient (Wildman–Crippen LogP) is 4.56. The summed E-state index contributed by atoms with van der Waals surface area (Å²) in [6, 6.07) is 12.1. The van der Waals surface area contributed by atoms with Crippen LogP contribution in [0.2, 0.25) is 5.02 Å². The van der Waals surface area contributed by atoms with Crippen LogP contribution in [0.5, 0.6) is 0 Å². The van der Waals surface area contributed by atoms with Gasteiger partial charge in [-0.15, -0.1) is 5.10 Å². The standard InChI is InChI=1S/C18H16ClFN4OS/c1-2-11-3-5-12(6-4-11)17-22-18(24-23-17)26-10-16(25)21-15-8-7-13(19)9-14(15)20/h3-9H,2,10H2,1H3,(H,21,25)(H,22,23,24). The van der Waals surface area contributed by atoms with Crippen LogP contribution in [0.3, 0.4) is 0 Å². The third-order valence-electron chi connectivity index (χ3n) is 3.64. The molecule has 1 aromatic heterocycles. The van der Waals surface area contributed by atoms with Gasteiger partial charge < -0.3 is 5.32 Å². The number of thioether (sulfide) groups is 1. The van der Waals surface area contributed by atoms with Gasteiger partial charge in [0.05, 0.1) is 11.4 Å². The minimum atomic E-state index is -0.577. The zero-order valence-electron chi connectivity index (χ0n) is 13.9. The van der Waals surface area contributed by atoms with Crippen molar-refractivity contribution in [2.24, 2.45) is 0 Å². The van der Waals surface area contributed by atoms with Gasteiger partial charge in [-0.1, -0.05) is 54.6 Å². The normalized spacial score (nSPS) is 10.7. The quantitative estimate of drug-likeness (QED) is 0.605. The number of nitrogens with one attached hydrogen (secondary N) is 2. The van der Waals surface area contributed by atoms with Crippen molar-refractivity contribution >= 4 is 35.0 Å². The van der Waals surface area contributed by atoms with E-state index >= 15 is 0 Å². The van der Waals surface area contributed by atoms with Gasteiger partial charge in [-0.25, -0.2) is 9.37 Å². The van der Waals surface area contributed by atoms with Crippen LogP contribution in [0, 0.1) is 5.82 Å². The number of anilines is 1. The molecule has 3 rings (SSSR count). The number of H-pyrrole nitrogens is 1. The number of benzene rings is 2. The molecule has 0 bridgehead atoms. The van der Waals surface area contributed by atoms with Gasteiger partial charge in [-0.3, -0.25) is 9.89 Å². The van der Waals surface area contributed by atoms with Crippen molar-refractivity contribution in [3.8, 4) is 11.4 Å². The number of carbonyl (C=O) groups excluding carboxylic acids is 1. The maximum Gasteiger partial charge on any atom is 0.234 e. The average molecular weight is 391 g/mol. The zero-order valence-corrected chi connectivity index (χ0v) is 15.5. The van der Waals surface area contributed by atoms with Crippen molar-refractivity contribution in [1.29, 1.82) is 0 Å². The van der Waals surface area contributed by atoms with E-state index in [1.54, 1.807) is 0 Å². The van der Waals surface area contributed by atoms with Crippen LogP contribution in [-0.4, -0.2) is 26.8 Å². The number of rotatable bonds is 6. The molecule has 0 fully saturated rings. The second kappa shape index (κ2) is 8.33. The van der Waals surface area contributed by atoms with E-state index in [0.29, 0.717) is 11.0 Å². The fourth-order valence-electron chi connectivity index (χ4n) is 2.25. The summed E-state index contributed by atoms with van der Waals surface area (Å²) in [4.78, 5) is 16.3. The molecule has 5 nitrogen and oxygen atoms in total. The Labute approximate surface area is 159 Å². The maximum absolute atomic E-state index is 13.7. The first-order chi connectivity index (χ1) is 12.5. The van der Waals surface area contributed by atoms with E-state index in [0.717, 1.165) is 18.1 Å². The summed E-state index contributed by atoms with van der Waals surface area (Å²) in [6.45, 7) is 2.10. The Morgan fingerprint density at radius 1 is 1.27 bits per heavy atom. The fraction of sp³-hybridized carbons (Fsp3) is 0.167. The molecule has 0 unspecified atom stereocenters. The largest absolute Gasteiger partial charge is 0.323 e. The Morgan fingerprint density at radius 2 is 2.04 bits per heavy atom. The third-order valence-corrected chi connectivity index (χ3v) is 4.72. The third kappa shape index (κ3) is 4.62. The van der Waals surface area contributed by atoms with Gasteiger partial charge in [-0.05, 0) is 30.2 Å². The number of aryl methyl sites for hydroxylation is 1. The number of aromatic amines is 1. The van der Waals surface area contributed by atoms with Gasteiger partial charge in [0.2, 0.25) is 11.1 Å². The summed E-state index contributed by atoms with van der Waals surface area (Å²) in [5.74, 6) is -0.227. The summed E-state index contributed by atoms with van der Waals surface area (Å²) >= 11 is 6.85. The molecule has 0 aliphatic rings. The molecule has 0 aliphatic carbocycles. The average Bonchev–Trinajstić information content (AvgIpc) is 3.11. The highest BCUT2D eigenvalue weighted by Crippen LogP contribution is 2.21. The van der Waals surface area contributed by atoms with E-state index in [1.165, 1.54) is 29.5 Å². The minimum absolute atomic E-state index is 0.0636. The Morgan fingerprint density at radius 3 is 2.73 bits per heavy atom. The lowest BCUT2D eigenvalue weighted by Crippen LogP contribution is -2.15. The number of amides is 1. The Kier molecular flexibility index (Phi) is 5.90. The van der Waals surface area contributed by atoms with Gasteiger partial charge in [0.1, 0.15) is 5.82 Å². The van der Waals surface area contributed by atoms with Crippen LogP contribution in [0.1, 0.15) is 12.5 Å². The molecule has 0 aliphatic heterocycles. The Balaban J connectivity index is 1.58. The molecular formula is C18H16ClFN4OS. The van der Waals surface area contributed by atoms with Crippen molar-refractivity contribution in [3.05, 3.63) is 58.9 Å². The maximum atomic E-state index is 13.7. The fourth-order valence-corrected chi connectivity index (χ4v) is 3.00. The number of carbonyl (C=O) groups is 1. The van der Waals surface area contributed by atoms with Gasteiger partial charge in [0, 0.05) is 10.6 Å². The molecule has 134 valence electrons. The van der Waals surface area contributed by atoms with Crippen molar-refractivity contribution in [2.75, 3.05) is 11.1 Å². The summed E-state index contributed by atoms with van der Waals surface area (Å²) in [5.41, 5.74) is 2.26. The smallest absolute Gasteiger partial charge is 0.234 e. The molecule has 1 heterocycles. The van der Waals surface area contributed by atoms with Crippen LogP contribution < -0.4 is 5.32 Å². The zero-order chi connectivity index (χ0) is 18.5. The topological polar surface area (TPSA) is 70.7 Å². The van der Waals surface area contributed by atoms with Crippen molar-refractivity contribution < 1.29 is 9.18 Å². The molecule has 1 amide bonds.